The lowest BCUT2D eigenvalue weighted by Crippen LogP contribution is -2.27. The zero-order chi connectivity index (χ0) is 14.0. The monoisotopic (exact) mass is 267 g/mol. The normalized spacial score (nSPS) is 23.3. The molecule has 1 aromatic rings. The fraction of sp³-hybridized carbons (Fsp3) is 0.692. The Morgan fingerprint density at radius 1 is 1.63 bits per heavy atom. The Morgan fingerprint density at radius 2 is 2.37 bits per heavy atom. The number of methoxy groups -OCH3 is 1. The van der Waals surface area contributed by atoms with Crippen LogP contribution in [-0.4, -0.2) is 35.3 Å². The summed E-state index contributed by atoms with van der Waals surface area (Å²) in [5.41, 5.74) is 6.31. The zero-order valence-corrected chi connectivity index (χ0v) is 11.7. The third-order valence-corrected chi connectivity index (χ3v) is 3.54. The van der Waals surface area contributed by atoms with E-state index in [1.807, 2.05) is 18.4 Å². The van der Waals surface area contributed by atoms with Gasteiger partial charge in [0.25, 0.3) is 0 Å². The summed E-state index contributed by atoms with van der Waals surface area (Å²) >= 11 is 0. The van der Waals surface area contributed by atoms with Crippen LogP contribution in [-0.2, 0) is 15.9 Å². The molecule has 2 heterocycles. The maximum atomic E-state index is 11.7. The molecule has 0 spiro atoms. The van der Waals surface area contributed by atoms with Crippen molar-refractivity contribution in [1.29, 1.82) is 0 Å². The van der Waals surface area contributed by atoms with Crippen molar-refractivity contribution in [3.8, 4) is 0 Å². The van der Waals surface area contributed by atoms with Crippen LogP contribution in [0.4, 0.5) is 5.82 Å². The number of carbonyl (C=O) groups is 1. The van der Waals surface area contributed by atoms with Gasteiger partial charge in [0.2, 0.25) is 0 Å². The van der Waals surface area contributed by atoms with E-state index in [4.69, 9.17) is 15.2 Å². The van der Waals surface area contributed by atoms with Crippen LogP contribution in [0.1, 0.15) is 49.0 Å². The lowest BCUT2D eigenvalue weighted by molar-refractivity contribution is 0.00587. The number of esters is 1. The molecule has 19 heavy (non-hydrogen) atoms. The molecular weight excluding hydrogens is 246 g/mol. The Labute approximate surface area is 112 Å². The predicted octanol–water partition coefficient (Wildman–Crippen LogP) is 1.55. The van der Waals surface area contributed by atoms with Gasteiger partial charge in [-0.15, -0.1) is 0 Å². The van der Waals surface area contributed by atoms with Gasteiger partial charge in [-0.05, 0) is 19.8 Å². The molecule has 2 atom stereocenters. The predicted molar refractivity (Wildman–Crippen MR) is 71.0 cm³/mol. The van der Waals surface area contributed by atoms with Crippen molar-refractivity contribution in [2.75, 3.05) is 19.5 Å². The first kappa shape index (κ1) is 13.9. The number of aryl methyl sites for hydroxylation is 1. The minimum absolute atomic E-state index is 0.201. The highest BCUT2D eigenvalue weighted by Gasteiger charge is 2.28. The lowest BCUT2D eigenvalue weighted by atomic mass is 10.0. The van der Waals surface area contributed by atoms with E-state index in [2.05, 4.69) is 4.98 Å². The van der Waals surface area contributed by atoms with E-state index < -0.39 is 5.97 Å². The quantitative estimate of drug-likeness (QED) is 0.841. The summed E-state index contributed by atoms with van der Waals surface area (Å²) in [7, 11) is 1.34. The summed E-state index contributed by atoms with van der Waals surface area (Å²) in [4.78, 5) is 16.0. The number of nitrogen functional groups attached to an aromatic ring is 1. The van der Waals surface area contributed by atoms with Crippen LogP contribution in [0, 0.1) is 0 Å². The highest BCUT2D eigenvalue weighted by atomic mass is 16.5. The van der Waals surface area contributed by atoms with Gasteiger partial charge in [0.15, 0.2) is 5.69 Å². The summed E-state index contributed by atoms with van der Waals surface area (Å²) in [6, 6.07) is 0.240. The van der Waals surface area contributed by atoms with Crippen LogP contribution in [0.25, 0.3) is 0 Å². The van der Waals surface area contributed by atoms with E-state index >= 15 is 0 Å². The molecule has 1 aromatic heterocycles. The van der Waals surface area contributed by atoms with Crippen molar-refractivity contribution >= 4 is 11.8 Å². The van der Waals surface area contributed by atoms with Crippen LogP contribution < -0.4 is 5.73 Å². The maximum absolute atomic E-state index is 11.7. The van der Waals surface area contributed by atoms with Gasteiger partial charge < -0.3 is 19.8 Å². The van der Waals surface area contributed by atoms with Gasteiger partial charge >= 0.3 is 5.97 Å². The van der Waals surface area contributed by atoms with E-state index in [9.17, 15) is 4.79 Å². The Morgan fingerprint density at radius 3 is 2.95 bits per heavy atom. The summed E-state index contributed by atoms with van der Waals surface area (Å²) < 4.78 is 12.2. The van der Waals surface area contributed by atoms with E-state index in [1.165, 1.54) is 7.11 Å². The van der Waals surface area contributed by atoms with Gasteiger partial charge in [-0.1, -0.05) is 6.92 Å². The van der Waals surface area contributed by atoms with Gasteiger partial charge in [-0.2, -0.15) is 0 Å². The van der Waals surface area contributed by atoms with Gasteiger partial charge in [0.1, 0.15) is 11.6 Å². The largest absolute Gasteiger partial charge is 0.464 e. The van der Waals surface area contributed by atoms with Crippen molar-refractivity contribution < 1.29 is 14.3 Å². The standard InChI is InChI=1S/C13H21N3O3/c1-4-10-15-11(13(17)18-3)12(14)16(10)9-5-6-19-8(2)7-9/h8-9H,4-7,14H2,1-3H3. The van der Waals surface area contributed by atoms with Crippen LogP contribution in [0.5, 0.6) is 0 Å². The van der Waals surface area contributed by atoms with E-state index in [-0.39, 0.29) is 17.8 Å². The van der Waals surface area contributed by atoms with E-state index in [0.29, 0.717) is 12.4 Å². The Bertz CT molecular complexity index is 470. The maximum Gasteiger partial charge on any atom is 0.360 e. The molecule has 0 bridgehead atoms. The summed E-state index contributed by atoms with van der Waals surface area (Å²) in [5.74, 6) is 0.755. The summed E-state index contributed by atoms with van der Waals surface area (Å²) in [6.45, 7) is 4.76. The van der Waals surface area contributed by atoms with Crippen LogP contribution in [0.3, 0.4) is 0 Å². The summed E-state index contributed by atoms with van der Waals surface area (Å²) in [5, 5.41) is 0. The average molecular weight is 267 g/mol. The molecule has 6 nitrogen and oxygen atoms in total. The van der Waals surface area contributed by atoms with Crippen molar-refractivity contribution in [1.82, 2.24) is 9.55 Å². The first-order valence-corrected chi connectivity index (χ1v) is 6.64. The SMILES string of the molecule is CCc1nc(C(=O)OC)c(N)n1C1CCOC(C)C1. The molecule has 2 N–H and O–H groups in total. The first-order valence-electron chi connectivity index (χ1n) is 6.64. The number of hydrogen-bond donors (Lipinski definition) is 1. The molecule has 106 valence electrons. The zero-order valence-electron chi connectivity index (χ0n) is 11.7. The fourth-order valence-corrected chi connectivity index (χ4v) is 2.61. The van der Waals surface area contributed by atoms with Crippen molar-refractivity contribution in [3.05, 3.63) is 11.5 Å². The second-order valence-corrected chi connectivity index (χ2v) is 4.84. The molecular formula is C13H21N3O3. The molecule has 0 radical (unpaired) electrons. The van der Waals surface area contributed by atoms with E-state index in [1.54, 1.807) is 0 Å². The number of carbonyl (C=O) groups excluding carboxylic acids is 1. The number of rotatable bonds is 3. The molecule has 2 rings (SSSR count). The van der Waals surface area contributed by atoms with Gasteiger partial charge in [0.05, 0.1) is 13.2 Å². The molecule has 1 saturated heterocycles. The second kappa shape index (κ2) is 5.61. The molecule has 6 heteroatoms. The van der Waals surface area contributed by atoms with Crippen LogP contribution >= 0.6 is 0 Å². The third kappa shape index (κ3) is 2.58. The number of anilines is 1. The second-order valence-electron chi connectivity index (χ2n) is 4.84. The molecule has 2 unspecified atom stereocenters. The summed E-state index contributed by atoms with van der Waals surface area (Å²) in [6.07, 6.45) is 2.70. The fourth-order valence-electron chi connectivity index (χ4n) is 2.61. The van der Waals surface area contributed by atoms with Crippen molar-refractivity contribution in [2.45, 2.75) is 45.3 Å². The number of ether oxygens (including phenoxy) is 2. The molecule has 0 saturated carbocycles. The van der Waals surface area contributed by atoms with Crippen LogP contribution in [0.15, 0.2) is 0 Å². The van der Waals surface area contributed by atoms with E-state index in [0.717, 1.165) is 25.1 Å². The van der Waals surface area contributed by atoms with Crippen molar-refractivity contribution in [2.24, 2.45) is 0 Å². The number of nitrogens with two attached hydrogens (primary N) is 1. The molecule has 0 aromatic carbocycles. The molecule has 0 amide bonds. The Hall–Kier alpha value is -1.56. The topological polar surface area (TPSA) is 79.4 Å². The van der Waals surface area contributed by atoms with Crippen LogP contribution in [0.2, 0.25) is 0 Å². The number of imidazole rings is 1. The number of nitrogens with zero attached hydrogens (tertiary/aromatic N) is 2. The Kier molecular flexibility index (Phi) is 4.09. The number of aromatic nitrogens is 2. The molecule has 1 aliphatic heterocycles. The highest BCUT2D eigenvalue weighted by molar-refractivity contribution is 5.92. The van der Waals surface area contributed by atoms with Gasteiger partial charge in [-0.3, -0.25) is 0 Å². The number of hydrogen-bond acceptors (Lipinski definition) is 5. The molecule has 0 aliphatic carbocycles. The minimum atomic E-state index is -0.481. The smallest absolute Gasteiger partial charge is 0.360 e. The molecule has 1 aliphatic rings. The first-order chi connectivity index (χ1) is 9.08. The third-order valence-electron chi connectivity index (χ3n) is 3.54. The highest BCUT2D eigenvalue weighted by Crippen LogP contribution is 2.30. The Balaban J connectivity index is 2.38. The van der Waals surface area contributed by atoms with Crippen molar-refractivity contribution in [3.63, 3.8) is 0 Å². The van der Waals surface area contributed by atoms with Gasteiger partial charge in [-0.25, -0.2) is 9.78 Å². The average Bonchev–Trinajstić information content (AvgIpc) is 2.74. The molecule has 1 fully saturated rings. The minimum Gasteiger partial charge on any atom is -0.464 e. The van der Waals surface area contributed by atoms with Gasteiger partial charge in [0, 0.05) is 19.1 Å². The lowest BCUT2D eigenvalue weighted by Gasteiger charge is -2.30.